The number of hydrogen-bond donors (Lipinski definition) is 3. The number of benzene rings is 1. The largest absolute Gasteiger partial charge is 0.499 e. The van der Waals surface area contributed by atoms with Gasteiger partial charge in [0.05, 0.1) is 30.1 Å². The molecule has 2 saturated heterocycles. The van der Waals surface area contributed by atoms with E-state index in [9.17, 15) is 13.2 Å². The van der Waals surface area contributed by atoms with Crippen LogP contribution in [0.25, 0.3) is 11.2 Å². The lowest BCUT2D eigenvalue weighted by molar-refractivity contribution is -0.128. The van der Waals surface area contributed by atoms with E-state index in [2.05, 4.69) is 35.5 Å². The number of likely N-dealkylation sites (tertiary alicyclic amines) is 2. The molecule has 2 fully saturated rings. The molecule has 0 spiro atoms. The number of fused-ring (bicyclic) bond motifs is 1. The first-order chi connectivity index (χ1) is 21.2. The second kappa shape index (κ2) is 12.6. The van der Waals surface area contributed by atoms with Crippen LogP contribution in [0.2, 0.25) is 0 Å². The Balaban J connectivity index is 1.18. The summed E-state index contributed by atoms with van der Waals surface area (Å²) in [6.07, 6.45) is 12.4. The van der Waals surface area contributed by atoms with Crippen LogP contribution in [0.4, 0.5) is 17.5 Å². The molecule has 4 heterocycles. The smallest absolute Gasteiger partial charge is 0.253 e. The molecule has 1 aromatic carbocycles. The Morgan fingerprint density at radius 3 is 2.55 bits per heavy atom. The number of nitrogens with zero attached hydrogens (tertiary/aromatic N) is 5. The number of rotatable bonds is 8. The number of aromatic amines is 1. The van der Waals surface area contributed by atoms with E-state index in [4.69, 9.17) is 4.74 Å². The Bertz CT molecular complexity index is 1690. The number of aromatic nitrogens is 4. The quantitative estimate of drug-likeness (QED) is 0.339. The van der Waals surface area contributed by atoms with E-state index < -0.39 is 9.84 Å². The van der Waals surface area contributed by atoms with E-state index in [-0.39, 0.29) is 28.7 Å². The van der Waals surface area contributed by atoms with Crippen LogP contribution >= 0.6 is 0 Å². The lowest BCUT2D eigenvalue weighted by Gasteiger charge is -2.40. The van der Waals surface area contributed by atoms with Gasteiger partial charge in [0.2, 0.25) is 5.95 Å². The van der Waals surface area contributed by atoms with Crippen molar-refractivity contribution in [2.24, 2.45) is 5.92 Å². The average Bonchev–Trinajstić information content (AvgIpc) is 3.51. The maximum atomic E-state index is 13.6. The van der Waals surface area contributed by atoms with Crippen molar-refractivity contribution in [1.82, 2.24) is 29.7 Å². The van der Waals surface area contributed by atoms with Gasteiger partial charge in [-0.3, -0.25) is 4.79 Å². The third kappa shape index (κ3) is 6.29. The van der Waals surface area contributed by atoms with Crippen molar-refractivity contribution in [1.29, 1.82) is 0 Å². The number of anilines is 3. The number of hydrogen-bond acceptors (Lipinski definition) is 10. The van der Waals surface area contributed by atoms with E-state index in [1.54, 1.807) is 31.4 Å². The van der Waals surface area contributed by atoms with Crippen molar-refractivity contribution in [2.45, 2.75) is 56.0 Å². The number of imidazole rings is 1. The normalized spacial score (nSPS) is 21.9. The van der Waals surface area contributed by atoms with Crippen molar-refractivity contribution < 1.29 is 17.9 Å². The Hall–Kier alpha value is -3.97. The molecule has 1 amide bonds. The van der Waals surface area contributed by atoms with Crippen molar-refractivity contribution in [3.63, 3.8) is 0 Å². The molecule has 12 nitrogen and oxygen atoms in total. The van der Waals surface area contributed by atoms with Crippen LogP contribution in [0.3, 0.4) is 0 Å². The van der Waals surface area contributed by atoms with Gasteiger partial charge in [-0.05, 0) is 57.0 Å². The molecule has 3 aliphatic rings. The molecule has 0 radical (unpaired) electrons. The molecule has 2 aromatic heterocycles. The third-order valence-electron chi connectivity index (χ3n) is 8.82. The van der Waals surface area contributed by atoms with Gasteiger partial charge in [0, 0.05) is 36.9 Å². The highest BCUT2D eigenvalue weighted by Gasteiger charge is 2.33. The Morgan fingerprint density at radius 1 is 1.07 bits per heavy atom. The number of H-pyrrole nitrogens is 1. The molecular formula is C31H40N8O4S. The van der Waals surface area contributed by atoms with Crippen LogP contribution in [0.5, 0.6) is 0 Å². The summed E-state index contributed by atoms with van der Waals surface area (Å²) in [7, 11) is -1.89. The molecule has 2 aliphatic heterocycles. The minimum Gasteiger partial charge on any atom is -0.499 e. The predicted octanol–water partition coefficient (Wildman–Crippen LogP) is 3.86. The van der Waals surface area contributed by atoms with Crippen molar-refractivity contribution >= 4 is 44.4 Å². The second-order valence-electron chi connectivity index (χ2n) is 11.9. The standard InChI is InChI=1S/C31H40N8O4S/c1-20-17-21(30(40)39-15-11-22(12-16-39)38-13-7-4-8-14-38)18-24(43-2)26(20)35-31-36-28-27(32-19-33-28)29(37-31)34-23-9-5-6-10-25(23)44(3,41)42/h5-6,9-10,17-20,22,26H,4,7-8,11-16H2,1-3H3,(H3,32,33,34,35,36,37). The fraction of sp³-hybridized carbons (Fsp3) is 0.484. The lowest BCUT2D eigenvalue weighted by Crippen LogP contribution is -2.48. The van der Waals surface area contributed by atoms with Gasteiger partial charge in [0.25, 0.3) is 5.91 Å². The summed E-state index contributed by atoms with van der Waals surface area (Å²) in [5.74, 6) is 1.19. The van der Waals surface area contributed by atoms with Gasteiger partial charge < -0.3 is 30.2 Å². The zero-order valence-corrected chi connectivity index (χ0v) is 26.2. The topological polar surface area (TPSA) is 145 Å². The first-order valence-corrected chi connectivity index (χ1v) is 17.1. The number of carbonyl (C=O) groups is 1. The maximum absolute atomic E-state index is 13.6. The fourth-order valence-electron chi connectivity index (χ4n) is 6.50. The van der Waals surface area contributed by atoms with Crippen LogP contribution in [0.1, 0.15) is 39.0 Å². The molecule has 1 aliphatic carbocycles. The number of piperidine rings is 2. The summed E-state index contributed by atoms with van der Waals surface area (Å²) in [5.41, 5.74) is 1.97. The number of sulfone groups is 1. The number of carbonyl (C=O) groups excluding carboxylic acids is 1. The van der Waals surface area contributed by atoms with Crippen LogP contribution in [-0.2, 0) is 19.4 Å². The predicted molar refractivity (Wildman–Crippen MR) is 169 cm³/mol. The van der Waals surface area contributed by atoms with Gasteiger partial charge in [-0.25, -0.2) is 13.4 Å². The molecule has 3 aromatic rings. The highest BCUT2D eigenvalue weighted by atomic mass is 32.2. The summed E-state index contributed by atoms with van der Waals surface area (Å²) in [6.45, 7) is 5.91. The molecule has 234 valence electrons. The van der Waals surface area contributed by atoms with E-state index in [0.717, 1.165) is 25.9 Å². The minimum absolute atomic E-state index is 0.0344. The van der Waals surface area contributed by atoms with Gasteiger partial charge in [-0.2, -0.15) is 9.97 Å². The first kappa shape index (κ1) is 30.1. The monoisotopic (exact) mass is 620 g/mol. The molecule has 44 heavy (non-hydrogen) atoms. The molecule has 6 rings (SSSR count). The third-order valence-corrected chi connectivity index (χ3v) is 9.98. The molecular weight excluding hydrogens is 580 g/mol. The van der Waals surface area contributed by atoms with Crippen molar-refractivity contribution in [2.75, 3.05) is 50.2 Å². The fourth-order valence-corrected chi connectivity index (χ4v) is 7.34. The summed E-state index contributed by atoms with van der Waals surface area (Å²) < 4.78 is 30.6. The summed E-state index contributed by atoms with van der Waals surface area (Å²) in [6, 6.07) is 6.89. The average molecular weight is 621 g/mol. The van der Waals surface area contributed by atoms with Gasteiger partial charge in [0.1, 0.15) is 11.3 Å². The molecule has 2 atom stereocenters. The maximum Gasteiger partial charge on any atom is 0.253 e. The van der Waals surface area contributed by atoms with E-state index in [0.29, 0.717) is 40.0 Å². The van der Waals surface area contributed by atoms with E-state index in [1.807, 2.05) is 24.0 Å². The summed E-state index contributed by atoms with van der Waals surface area (Å²) in [4.78, 5) is 34.9. The number of nitrogens with one attached hydrogen (secondary N) is 3. The number of amides is 1. The van der Waals surface area contributed by atoms with Crippen molar-refractivity contribution in [3.8, 4) is 0 Å². The number of ether oxygens (including phenoxy) is 1. The molecule has 0 saturated carbocycles. The van der Waals surface area contributed by atoms with Crippen LogP contribution in [-0.4, -0.2) is 95.7 Å². The molecule has 3 N–H and O–H groups in total. The van der Waals surface area contributed by atoms with Gasteiger partial charge >= 0.3 is 0 Å². The molecule has 0 bridgehead atoms. The Labute approximate surface area is 257 Å². The summed E-state index contributed by atoms with van der Waals surface area (Å²) >= 11 is 0. The van der Waals surface area contributed by atoms with Gasteiger partial charge in [-0.15, -0.1) is 0 Å². The zero-order chi connectivity index (χ0) is 30.8. The number of methoxy groups -OCH3 is 1. The highest BCUT2D eigenvalue weighted by molar-refractivity contribution is 7.90. The second-order valence-corrected chi connectivity index (χ2v) is 13.8. The molecule has 2 unspecified atom stereocenters. The minimum atomic E-state index is -3.48. The first-order valence-electron chi connectivity index (χ1n) is 15.3. The molecule has 13 heteroatoms. The van der Waals surface area contributed by atoms with Gasteiger partial charge in [-0.1, -0.05) is 31.6 Å². The Kier molecular flexibility index (Phi) is 8.59. The van der Waals surface area contributed by atoms with Crippen LogP contribution < -0.4 is 10.6 Å². The lowest BCUT2D eigenvalue weighted by atomic mass is 9.90. The van der Waals surface area contributed by atoms with Gasteiger partial charge in [0.15, 0.2) is 21.3 Å². The van der Waals surface area contributed by atoms with Crippen LogP contribution in [0.15, 0.2) is 59.0 Å². The van der Waals surface area contributed by atoms with E-state index >= 15 is 0 Å². The summed E-state index contributed by atoms with van der Waals surface area (Å²) in [5, 5.41) is 6.52. The SMILES string of the molecule is COC1=CC(C(=O)N2CCC(N3CCCCC3)CC2)=CC(C)C1Nc1nc(Nc2ccccc2S(C)(=O)=O)c2[nH]cnc2n1. The number of para-hydroxylation sites is 1. The zero-order valence-electron chi connectivity index (χ0n) is 25.4. The van der Waals surface area contributed by atoms with Crippen LogP contribution in [0, 0.1) is 5.92 Å². The van der Waals surface area contributed by atoms with Crippen molar-refractivity contribution in [3.05, 3.63) is 54.1 Å². The van der Waals surface area contributed by atoms with E-state index in [1.165, 1.54) is 44.9 Å². The Morgan fingerprint density at radius 2 is 1.82 bits per heavy atom. The highest BCUT2D eigenvalue weighted by Crippen LogP contribution is 2.31.